The third-order valence-corrected chi connectivity index (χ3v) is 7.44. The summed E-state index contributed by atoms with van der Waals surface area (Å²) in [5.41, 5.74) is 1.39. The van der Waals surface area contributed by atoms with E-state index < -0.39 is 23.3 Å². The number of nitrogens with zero attached hydrogens (tertiary/aromatic N) is 2. The zero-order chi connectivity index (χ0) is 25.6. The van der Waals surface area contributed by atoms with Crippen LogP contribution in [0.1, 0.15) is 43.6 Å². The number of nitrogens with one attached hydrogen (secondary N) is 2. The van der Waals surface area contributed by atoms with Gasteiger partial charge in [0.05, 0.1) is 12.7 Å². The van der Waals surface area contributed by atoms with Gasteiger partial charge in [-0.05, 0) is 51.0 Å². The van der Waals surface area contributed by atoms with Crippen molar-refractivity contribution in [1.29, 1.82) is 0 Å². The highest BCUT2D eigenvalue weighted by molar-refractivity contribution is 5.85. The highest BCUT2D eigenvalue weighted by Crippen LogP contribution is 2.43. The highest BCUT2D eigenvalue weighted by Gasteiger charge is 2.41. The van der Waals surface area contributed by atoms with Crippen molar-refractivity contribution in [2.75, 3.05) is 44.7 Å². The molecule has 5 rings (SSSR count). The molecule has 1 fully saturated rings. The van der Waals surface area contributed by atoms with Crippen molar-refractivity contribution < 1.29 is 17.6 Å². The largest absolute Gasteiger partial charge is 0.384 e. The van der Waals surface area contributed by atoms with Crippen LogP contribution in [0, 0.1) is 17.6 Å². The fourth-order valence-corrected chi connectivity index (χ4v) is 5.76. The fraction of sp³-hybridized carbons (Fsp3) is 0.500. The Kier molecular flexibility index (Phi) is 6.76. The van der Waals surface area contributed by atoms with Crippen molar-refractivity contribution in [3.63, 3.8) is 0 Å². The van der Waals surface area contributed by atoms with Gasteiger partial charge in [-0.2, -0.15) is 0 Å². The third-order valence-electron chi connectivity index (χ3n) is 7.44. The smallest absolute Gasteiger partial charge is 0.133 e. The molecule has 2 atom stereocenters. The van der Waals surface area contributed by atoms with E-state index in [0.29, 0.717) is 38.3 Å². The van der Waals surface area contributed by atoms with Crippen LogP contribution in [0.2, 0.25) is 0 Å². The highest BCUT2D eigenvalue weighted by atomic mass is 19.1. The van der Waals surface area contributed by atoms with E-state index in [1.54, 1.807) is 0 Å². The number of hydrogen-bond acceptors (Lipinski definition) is 3. The van der Waals surface area contributed by atoms with Crippen molar-refractivity contribution in [2.24, 2.45) is 5.92 Å². The third kappa shape index (κ3) is 4.85. The summed E-state index contributed by atoms with van der Waals surface area (Å²) in [6.07, 6.45) is 0.661. The van der Waals surface area contributed by atoms with Gasteiger partial charge in [-0.25, -0.2) is 13.2 Å². The maximum atomic E-state index is 15.7. The summed E-state index contributed by atoms with van der Waals surface area (Å²) in [7, 11) is 0. The van der Waals surface area contributed by atoms with Gasteiger partial charge in [0.15, 0.2) is 0 Å². The van der Waals surface area contributed by atoms with Crippen molar-refractivity contribution in [2.45, 2.75) is 44.9 Å². The second kappa shape index (κ2) is 9.71. The molecule has 3 heterocycles. The first-order chi connectivity index (χ1) is 17.1. The first-order valence-electron chi connectivity index (χ1n) is 12.7. The number of anilines is 1. The van der Waals surface area contributed by atoms with E-state index in [1.165, 1.54) is 26.0 Å². The van der Waals surface area contributed by atoms with E-state index in [4.69, 9.17) is 0 Å². The minimum Gasteiger partial charge on any atom is -0.384 e. The predicted octanol–water partition coefficient (Wildman–Crippen LogP) is 5.84. The van der Waals surface area contributed by atoms with Gasteiger partial charge in [0.25, 0.3) is 0 Å². The van der Waals surface area contributed by atoms with Gasteiger partial charge in [-0.3, -0.25) is 9.29 Å². The van der Waals surface area contributed by atoms with Gasteiger partial charge in [0, 0.05) is 72.5 Å². The summed E-state index contributed by atoms with van der Waals surface area (Å²) < 4.78 is 58.9. The van der Waals surface area contributed by atoms with Crippen molar-refractivity contribution in [1.82, 2.24) is 14.8 Å². The molecular weight excluding hydrogens is 468 g/mol. The number of aromatic nitrogens is 1. The van der Waals surface area contributed by atoms with Gasteiger partial charge < -0.3 is 15.2 Å². The molecule has 0 spiro atoms. The molecule has 36 heavy (non-hydrogen) atoms. The number of alkyl halides is 2. The molecular formula is C28H34F4N4. The van der Waals surface area contributed by atoms with Crippen LogP contribution in [-0.2, 0) is 6.42 Å². The van der Waals surface area contributed by atoms with Gasteiger partial charge in [0.2, 0.25) is 0 Å². The van der Waals surface area contributed by atoms with E-state index in [1.807, 2.05) is 36.1 Å². The van der Waals surface area contributed by atoms with Gasteiger partial charge in [0.1, 0.15) is 17.3 Å². The fourth-order valence-electron chi connectivity index (χ4n) is 5.76. The van der Waals surface area contributed by atoms with E-state index in [9.17, 15) is 8.78 Å². The Labute approximate surface area is 209 Å². The van der Waals surface area contributed by atoms with E-state index in [-0.39, 0.29) is 30.7 Å². The minimum atomic E-state index is -1.54. The van der Waals surface area contributed by atoms with Crippen molar-refractivity contribution in [3.8, 4) is 0 Å². The zero-order valence-corrected chi connectivity index (χ0v) is 21.1. The average Bonchev–Trinajstić information content (AvgIpc) is 3.14. The molecule has 0 bridgehead atoms. The number of halogens is 4. The van der Waals surface area contributed by atoms with Crippen molar-refractivity contribution >= 4 is 16.6 Å². The summed E-state index contributed by atoms with van der Waals surface area (Å²) in [5.74, 6) is -1.22. The first kappa shape index (κ1) is 25.1. The number of H-pyrrole nitrogens is 1. The van der Waals surface area contributed by atoms with Gasteiger partial charge in [-0.1, -0.05) is 18.2 Å². The number of likely N-dealkylation sites (tertiary alicyclic amines) is 1. The van der Waals surface area contributed by atoms with Crippen LogP contribution in [0.25, 0.3) is 10.9 Å². The van der Waals surface area contributed by atoms with Crippen LogP contribution >= 0.6 is 0 Å². The topological polar surface area (TPSA) is 34.3 Å². The second-order valence-electron chi connectivity index (χ2n) is 11.0. The molecule has 0 amide bonds. The van der Waals surface area contributed by atoms with Gasteiger partial charge in [-0.15, -0.1) is 0 Å². The van der Waals surface area contributed by atoms with E-state index >= 15 is 8.78 Å². The molecule has 194 valence electrons. The molecule has 1 saturated heterocycles. The van der Waals surface area contributed by atoms with Gasteiger partial charge >= 0.3 is 0 Å². The Morgan fingerprint density at radius 3 is 2.47 bits per heavy atom. The lowest BCUT2D eigenvalue weighted by atomic mass is 9.87. The van der Waals surface area contributed by atoms with E-state index in [2.05, 4.69) is 15.2 Å². The Bertz CT molecular complexity index is 1200. The van der Waals surface area contributed by atoms with Crippen LogP contribution in [0.4, 0.5) is 23.2 Å². The number of rotatable bonds is 8. The zero-order valence-electron chi connectivity index (χ0n) is 21.1. The monoisotopic (exact) mass is 502 g/mol. The molecule has 0 aliphatic carbocycles. The van der Waals surface area contributed by atoms with E-state index in [0.717, 1.165) is 22.2 Å². The quantitative estimate of drug-likeness (QED) is 0.380. The van der Waals surface area contributed by atoms with Crippen LogP contribution in [0.3, 0.4) is 0 Å². The molecule has 2 aliphatic heterocycles. The molecule has 2 aliphatic rings. The molecule has 2 N–H and O–H groups in total. The lowest BCUT2D eigenvalue weighted by Gasteiger charge is -2.43. The average molecular weight is 503 g/mol. The minimum absolute atomic E-state index is 0.0439. The molecule has 8 heteroatoms. The van der Waals surface area contributed by atoms with Crippen LogP contribution in [0.15, 0.2) is 36.4 Å². The molecule has 3 aromatic rings. The van der Waals surface area contributed by atoms with Crippen LogP contribution in [0.5, 0.6) is 0 Å². The lowest BCUT2D eigenvalue weighted by molar-refractivity contribution is 0.0643. The molecule has 1 aromatic heterocycles. The maximum Gasteiger partial charge on any atom is 0.133 e. The summed E-state index contributed by atoms with van der Waals surface area (Å²) >= 11 is 0. The lowest BCUT2D eigenvalue weighted by Crippen LogP contribution is -2.49. The predicted molar refractivity (Wildman–Crippen MR) is 136 cm³/mol. The van der Waals surface area contributed by atoms with Crippen molar-refractivity contribution in [3.05, 3.63) is 64.9 Å². The number of fused-ring (bicyclic) bond motifs is 3. The number of hydrogen-bond donors (Lipinski definition) is 2. The Morgan fingerprint density at radius 2 is 1.81 bits per heavy atom. The number of benzene rings is 2. The SMILES string of the molecule is C[C@@H]1Cc2c([nH]c3ccccc23)[C@@H](c2c(F)cc(NCCN3CC(CF)C3)cc2F)N1CC(C)(C)F. The van der Waals surface area contributed by atoms with Crippen LogP contribution < -0.4 is 5.32 Å². The summed E-state index contributed by atoms with van der Waals surface area (Å²) in [5, 5.41) is 4.12. The molecule has 4 nitrogen and oxygen atoms in total. The molecule has 0 radical (unpaired) electrons. The number of para-hydroxylation sites is 1. The molecule has 2 aromatic carbocycles. The Hall–Kier alpha value is -2.58. The first-order valence-corrected chi connectivity index (χ1v) is 12.7. The Morgan fingerprint density at radius 1 is 1.11 bits per heavy atom. The summed E-state index contributed by atoms with van der Waals surface area (Å²) in [4.78, 5) is 7.37. The maximum absolute atomic E-state index is 15.7. The summed E-state index contributed by atoms with van der Waals surface area (Å²) in [6.45, 7) is 7.32. The normalized spacial score (nSPS) is 21.5. The number of aromatic amines is 1. The second-order valence-corrected chi connectivity index (χ2v) is 11.0. The van der Waals surface area contributed by atoms with Crippen LogP contribution in [-0.4, -0.2) is 65.9 Å². The molecule has 0 unspecified atom stereocenters. The molecule has 0 saturated carbocycles. The Balaban J connectivity index is 1.47. The standard InChI is InChI=1S/C28H34F4N4/c1-17-10-21-20-6-4-5-7-24(20)34-26(21)27(36(17)16-28(2,3)32)25-22(30)11-19(12-23(25)31)33-8-9-35-14-18(13-29)15-35/h4-7,11-12,17-18,27,33-34H,8-10,13-16H2,1-3H3/t17-,27-/m1/s1. The summed E-state index contributed by atoms with van der Waals surface area (Å²) in [6, 6.07) is 9.58.